The first kappa shape index (κ1) is 58.1. The molecule has 0 radical (unpaired) electrons. The predicted molar refractivity (Wildman–Crippen MR) is 286 cm³/mol. The van der Waals surface area contributed by atoms with Crippen molar-refractivity contribution in [2.24, 2.45) is 0 Å². The molecule has 402 valence electrons. The Morgan fingerprint density at radius 3 is 0.986 bits per heavy atom. The van der Waals surface area contributed by atoms with Crippen molar-refractivity contribution >= 4 is 39.8 Å². The van der Waals surface area contributed by atoms with Gasteiger partial charge in [0.1, 0.15) is 35.7 Å². The molecule has 0 N–H and O–H groups in total. The van der Waals surface area contributed by atoms with E-state index in [2.05, 4.69) is 89.8 Å². The molecule has 6 aromatic rings. The minimum atomic E-state index is 0.324. The molecule has 0 aliphatic carbocycles. The monoisotopic (exact) mass is 1040 g/mol. The number of fused-ring (bicyclic) bond motifs is 1. The van der Waals surface area contributed by atoms with Crippen LogP contribution in [0.2, 0.25) is 0 Å². The molecule has 0 aliphatic heterocycles. The summed E-state index contributed by atoms with van der Waals surface area (Å²) in [5.74, 6) is 1.26. The Bertz CT molecular complexity index is 2250. The molecule has 0 bridgehead atoms. The Hall–Kier alpha value is -5.16. The third kappa shape index (κ3) is 21.6. The lowest BCUT2D eigenvalue weighted by molar-refractivity contribution is -0.0160. The van der Waals surface area contributed by atoms with Crippen molar-refractivity contribution in [3.63, 3.8) is 0 Å². The van der Waals surface area contributed by atoms with Gasteiger partial charge in [-0.3, -0.25) is 0 Å². The summed E-state index contributed by atoms with van der Waals surface area (Å²) in [6, 6.07) is 39.4. The van der Waals surface area contributed by atoms with Gasteiger partial charge in [0.05, 0.1) is 157 Å². The first-order chi connectivity index (χ1) is 36.7. The second kappa shape index (κ2) is 36.7. The van der Waals surface area contributed by atoms with Crippen LogP contribution in [0.5, 0.6) is 11.5 Å². The van der Waals surface area contributed by atoms with Crippen LogP contribution in [-0.4, -0.2) is 182 Å². The maximum atomic E-state index is 6.25. The highest BCUT2D eigenvalue weighted by Crippen LogP contribution is 2.39. The second-order valence-electron chi connectivity index (χ2n) is 16.2. The molecule has 0 atom stereocenters. The van der Waals surface area contributed by atoms with Gasteiger partial charge in [-0.15, -0.1) is 0 Å². The van der Waals surface area contributed by atoms with Crippen molar-refractivity contribution in [3.05, 3.63) is 115 Å². The molecule has 0 unspecified atom stereocenters. The molecule has 17 nitrogen and oxygen atoms in total. The molecule has 0 amide bonds. The van der Waals surface area contributed by atoms with Gasteiger partial charge < -0.3 is 71.2 Å². The standard InChI is InChI=1S/C56H73N3O14S/c1-60-19-21-62-23-25-64-27-29-66-31-33-68-35-37-70-39-41-72-51-43-47(44-52(45-51)73-42-40-71-38-36-69-34-32-67-30-28-65-26-24-63-22-20-61-2)54-18-17-53(55-56(54)58-74-57-55)46-13-15-50(16-14-46)59(48-9-5-3-6-10-48)49-11-7-4-8-12-49/h3-18,43-45H,19-42H2,1-2H3. The highest BCUT2D eigenvalue weighted by atomic mass is 32.1. The summed E-state index contributed by atoms with van der Waals surface area (Å²) in [6.07, 6.45) is 0. The first-order valence-corrected chi connectivity index (χ1v) is 25.9. The van der Waals surface area contributed by atoms with Gasteiger partial charge in [0.25, 0.3) is 0 Å². The zero-order valence-electron chi connectivity index (χ0n) is 42.9. The number of ether oxygens (including phenoxy) is 14. The Labute approximate surface area is 440 Å². The smallest absolute Gasteiger partial charge is 0.123 e. The van der Waals surface area contributed by atoms with Crippen LogP contribution in [0, 0.1) is 0 Å². The summed E-state index contributed by atoms with van der Waals surface area (Å²) in [7, 11) is 3.29. The molecule has 0 fully saturated rings. The number of hydrogen-bond acceptors (Lipinski definition) is 18. The number of benzene rings is 5. The van der Waals surface area contributed by atoms with Gasteiger partial charge in [-0.1, -0.05) is 60.7 Å². The average Bonchev–Trinajstić information content (AvgIpc) is 3.94. The van der Waals surface area contributed by atoms with Crippen LogP contribution < -0.4 is 14.4 Å². The van der Waals surface area contributed by atoms with Crippen LogP contribution in [0.15, 0.2) is 115 Å². The molecule has 0 aliphatic rings. The van der Waals surface area contributed by atoms with Gasteiger partial charge in [0, 0.05) is 48.5 Å². The van der Waals surface area contributed by atoms with Crippen molar-refractivity contribution in [2.75, 3.05) is 178 Å². The van der Waals surface area contributed by atoms with E-state index in [9.17, 15) is 0 Å². The largest absolute Gasteiger partial charge is 0.491 e. The minimum Gasteiger partial charge on any atom is -0.491 e. The average molecular weight is 1040 g/mol. The topological polar surface area (TPSA) is 158 Å². The SMILES string of the molecule is COCCOCCOCCOCCOCCOCCOc1cc(OCCOCCOCCOCCOCCOCCOC)cc(-c2ccc(-c3ccc(N(c4ccccc4)c4ccccc4)cc3)c3nsnc23)c1. The van der Waals surface area contributed by atoms with Gasteiger partial charge in [-0.2, -0.15) is 8.75 Å². The van der Waals surface area contributed by atoms with Crippen molar-refractivity contribution in [1.29, 1.82) is 0 Å². The number of methoxy groups -OCH3 is 2. The van der Waals surface area contributed by atoms with E-state index in [4.69, 9.17) is 75.1 Å². The molecular weight excluding hydrogens is 971 g/mol. The van der Waals surface area contributed by atoms with E-state index in [1.165, 1.54) is 11.7 Å². The second-order valence-corrected chi connectivity index (χ2v) is 16.7. The van der Waals surface area contributed by atoms with Crippen LogP contribution in [-0.2, 0) is 56.8 Å². The van der Waals surface area contributed by atoms with E-state index in [0.29, 0.717) is 170 Å². The molecule has 0 saturated heterocycles. The fraction of sp³-hybridized carbons (Fsp3) is 0.464. The minimum absolute atomic E-state index is 0.324. The Balaban J connectivity index is 0.988. The summed E-state index contributed by atoms with van der Waals surface area (Å²) in [4.78, 5) is 2.24. The lowest BCUT2D eigenvalue weighted by Crippen LogP contribution is -2.15. The number of para-hydroxylation sites is 2. The van der Waals surface area contributed by atoms with Gasteiger partial charge in [0.2, 0.25) is 0 Å². The van der Waals surface area contributed by atoms with Crippen molar-refractivity contribution in [1.82, 2.24) is 8.75 Å². The van der Waals surface area contributed by atoms with Crippen LogP contribution >= 0.6 is 11.7 Å². The van der Waals surface area contributed by atoms with Crippen molar-refractivity contribution in [3.8, 4) is 33.8 Å². The highest BCUT2D eigenvalue weighted by Gasteiger charge is 2.17. The molecule has 18 heteroatoms. The summed E-state index contributed by atoms with van der Waals surface area (Å²) in [6.45, 7) is 11.4. The molecule has 0 spiro atoms. The lowest BCUT2D eigenvalue weighted by Gasteiger charge is -2.25. The summed E-state index contributed by atoms with van der Waals surface area (Å²) in [5, 5.41) is 0. The lowest BCUT2D eigenvalue weighted by atomic mass is 9.97. The number of nitrogens with zero attached hydrogens (tertiary/aromatic N) is 3. The molecule has 5 aromatic carbocycles. The third-order valence-electron chi connectivity index (χ3n) is 10.9. The fourth-order valence-electron chi connectivity index (χ4n) is 7.30. The maximum absolute atomic E-state index is 6.25. The predicted octanol–water partition coefficient (Wildman–Crippen LogP) is 8.71. The van der Waals surface area contributed by atoms with Crippen LogP contribution in [0.25, 0.3) is 33.3 Å². The van der Waals surface area contributed by atoms with E-state index >= 15 is 0 Å². The van der Waals surface area contributed by atoms with Gasteiger partial charge >= 0.3 is 0 Å². The first-order valence-electron chi connectivity index (χ1n) is 25.2. The Kier molecular flexibility index (Phi) is 28.8. The van der Waals surface area contributed by atoms with E-state index in [0.717, 1.165) is 50.3 Å². The Morgan fingerprint density at radius 1 is 0.324 bits per heavy atom. The third-order valence-corrected chi connectivity index (χ3v) is 11.4. The zero-order chi connectivity index (χ0) is 51.4. The number of hydrogen-bond donors (Lipinski definition) is 0. The Morgan fingerprint density at radius 2 is 0.635 bits per heavy atom. The zero-order valence-corrected chi connectivity index (χ0v) is 43.7. The normalized spacial score (nSPS) is 11.4. The molecule has 6 rings (SSSR count). The number of rotatable bonds is 43. The molecular formula is C56H73N3O14S. The maximum Gasteiger partial charge on any atom is 0.123 e. The summed E-state index contributed by atoms with van der Waals surface area (Å²) < 4.78 is 87.9. The van der Waals surface area contributed by atoms with Crippen LogP contribution in [0.3, 0.4) is 0 Å². The fourth-order valence-corrected chi connectivity index (χ4v) is 7.88. The van der Waals surface area contributed by atoms with Gasteiger partial charge in [-0.25, -0.2) is 0 Å². The molecule has 0 saturated carbocycles. The van der Waals surface area contributed by atoms with E-state index in [1.54, 1.807) is 14.2 Å². The highest BCUT2D eigenvalue weighted by molar-refractivity contribution is 7.00. The molecule has 74 heavy (non-hydrogen) atoms. The number of anilines is 3. The van der Waals surface area contributed by atoms with Crippen molar-refractivity contribution in [2.45, 2.75) is 0 Å². The van der Waals surface area contributed by atoms with E-state index in [-0.39, 0.29) is 0 Å². The van der Waals surface area contributed by atoms with Crippen LogP contribution in [0.1, 0.15) is 0 Å². The summed E-state index contributed by atoms with van der Waals surface area (Å²) >= 11 is 1.19. The van der Waals surface area contributed by atoms with Crippen molar-refractivity contribution < 1.29 is 66.3 Å². The number of aromatic nitrogens is 2. The van der Waals surface area contributed by atoms with E-state index in [1.807, 2.05) is 30.3 Å². The molecule has 1 heterocycles. The van der Waals surface area contributed by atoms with E-state index < -0.39 is 0 Å². The summed E-state index contributed by atoms with van der Waals surface area (Å²) in [5.41, 5.74) is 8.61. The van der Waals surface area contributed by atoms with Crippen LogP contribution in [0.4, 0.5) is 17.1 Å². The van der Waals surface area contributed by atoms with Gasteiger partial charge in [0.15, 0.2) is 0 Å². The quantitative estimate of drug-likeness (QED) is 0.0335. The van der Waals surface area contributed by atoms with Gasteiger partial charge in [-0.05, 0) is 59.7 Å². The molecule has 1 aromatic heterocycles.